The Morgan fingerprint density at radius 3 is 2.73 bits per heavy atom. The lowest BCUT2D eigenvalue weighted by atomic mass is 9.75. The first-order valence-corrected chi connectivity index (χ1v) is 5.65. The number of cyclic esters (lactones) is 1. The summed E-state index contributed by atoms with van der Waals surface area (Å²) in [4.78, 5) is 11.6. The highest BCUT2D eigenvalue weighted by Crippen LogP contribution is 2.43. The lowest BCUT2D eigenvalue weighted by molar-refractivity contribution is -0.146. The van der Waals surface area contributed by atoms with Crippen LogP contribution in [-0.4, -0.2) is 18.7 Å². The summed E-state index contributed by atoms with van der Waals surface area (Å²) in [6.45, 7) is 4.64. The summed E-state index contributed by atoms with van der Waals surface area (Å²) in [5, 5.41) is 0. The third-order valence-electron chi connectivity index (χ3n) is 3.20. The van der Waals surface area contributed by atoms with E-state index in [0.717, 1.165) is 31.4 Å². The number of hydrogen-bond donors (Lipinski definition) is 0. The highest BCUT2D eigenvalue weighted by atomic mass is 16.5. The van der Waals surface area contributed by atoms with Gasteiger partial charge in [0, 0.05) is 6.42 Å². The molecule has 0 aromatic rings. The molecule has 84 valence electrons. The van der Waals surface area contributed by atoms with Crippen LogP contribution >= 0.6 is 0 Å². The van der Waals surface area contributed by atoms with E-state index in [-0.39, 0.29) is 17.5 Å². The van der Waals surface area contributed by atoms with Crippen molar-refractivity contribution in [1.29, 1.82) is 0 Å². The van der Waals surface area contributed by atoms with E-state index in [2.05, 4.69) is 6.08 Å². The number of rotatable bonds is 2. The summed E-state index contributed by atoms with van der Waals surface area (Å²) in [6, 6.07) is 0. The molecule has 2 aliphatic rings. The zero-order chi connectivity index (χ0) is 10.9. The van der Waals surface area contributed by atoms with Gasteiger partial charge in [-0.3, -0.25) is 4.79 Å². The normalized spacial score (nSPS) is 30.6. The van der Waals surface area contributed by atoms with Gasteiger partial charge in [-0.1, -0.05) is 0 Å². The number of allylic oxidation sites excluding steroid dienone is 2. The highest BCUT2D eigenvalue weighted by Gasteiger charge is 2.45. The second-order valence-corrected chi connectivity index (χ2v) is 4.71. The third kappa shape index (κ3) is 2.01. The molecular formula is C12H18O3. The Labute approximate surface area is 90.4 Å². The molecule has 0 saturated carbocycles. The maximum atomic E-state index is 11.6. The molecule has 3 heteroatoms. The van der Waals surface area contributed by atoms with E-state index in [4.69, 9.17) is 9.47 Å². The lowest BCUT2D eigenvalue weighted by Gasteiger charge is -2.28. The van der Waals surface area contributed by atoms with E-state index in [9.17, 15) is 4.79 Å². The number of ether oxygens (including phenoxy) is 2. The number of carbonyl (C=O) groups excluding carboxylic acids is 1. The Morgan fingerprint density at radius 2 is 2.27 bits per heavy atom. The Balaban J connectivity index is 2.01. The molecule has 1 aliphatic heterocycles. The van der Waals surface area contributed by atoms with Crippen molar-refractivity contribution in [2.24, 2.45) is 5.41 Å². The van der Waals surface area contributed by atoms with Crippen LogP contribution in [0.2, 0.25) is 0 Å². The van der Waals surface area contributed by atoms with E-state index in [1.54, 1.807) is 0 Å². The molecule has 1 unspecified atom stereocenters. The number of esters is 1. The quantitative estimate of drug-likeness (QED) is 0.656. The zero-order valence-corrected chi connectivity index (χ0v) is 9.41. The molecule has 1 atom stereocenters. The summed E-state index contributed by atoms with van der Waals surface area (Å²) in [7, 11) is 0. The Kier molecular flexibility index (Phi) is 2.72. The Morgan fingerprint density at radius 1 is 1.47 bits per heavy atom. The molecule has 1 aliphatic carbocycles. The van der Waals surface area contributed by atoms with Crippen LogP contribution in [0.3, 0.4) is 0 Å². The van der Waals surface area contributed by atoms with Crippen LogP contribution < -0.4 is 0 Å². The maximum Gasteiger partial charge on any atom is 0.312 e. The lowest BCUT2D eigenvalue weighted by Crippen LogP contribution is -2.28. The van der Waals surface area contributed by atoms with Crippen molar-refractivity contribution in [3.05, 3.63) is 11.8 Å². The standard InChI is InChI=1S/C12H18O3/c1-9(2)15-10-3-5-12(6-4-10)7-8-14-11(12)13/h3,9H,4-8H2,1-2H3. The van der Waals surface area contributed by atoms with Crippen molar-refractivity contribution in [3.63, 3.8) is 0 Å². The van der Waals surface area contributed by atoms with Crippen LogP contribution in [0.5, 0.6) is 0 Å². The van der Waals surface area contributed by atoms with E-state index in [1.807, 2.05) is 13.8 Å². The minimum absolute atomic E-state index is 0.0117. The molecule has 0 bridgehead atoms. The molecular weight excluding hydrogens is 192 g/mol. The van der Waals surface area contributed by atoms with Crippen molar-refractivity contribution in [3.8, 4) is 0 Å². The maximum absolute atomic E-state index is 11.6. The average Bonchev–Trinajstić information content (AvgIpc) is 2.52. The Bertz CT molecular complexity index is 293. The monoisotopic (exact) mass is 210 g/mol. The van der Waals surface area contributed by atoms with E-state index >= 15 is 0 Å². The minimum atomic E-state index is -0.218. The minimum Gasteiger partial charge on any atom is -0.496 e. The van der Waals surface area contributed by atoms with E-state index in [1.165, 1.54) is 0 Å². The predicted molar refractivity (Wildman–Crippen MR) is 56.2 cm³/mol. The zero-order valence-electron chi connectivity index (χ0n) is 9.41. The molecule has 0 N–H and O–H groups in total. The molecule has 0 radical (unpaired) electrons. The van der Waals surface area contributed by atoms with Gasteiger partial charge in [0.05, 0.1) is 23.9 Å². The second-order valence-electron chi connectivity index (χ2n) is 4.71. The topological polar surface area (TPSA) is 35.5 Å². The highest BCUT2D eigenvalue weighted by molar-refractivity contribution is 5.79. The van der Waals surface area contributed by atoms with Gasteiger partial charge in [0.1, 0.15) is 0 Å². The fourth-order valence-electron chi connectivity index (χ4n) is 2.29. The van der Waals surface area contributed by atoms with E-state index < -0.39 is 0 Å². The van der Waals surface area contributed by atoms with Crippen LogP contribution in [0, 0.1) is 5.41 Å². The van der Waals surface area contributed by atoms with Crippen molar-refractivity contribution in [2.45, 2.75) is 45.6 Å². The average molecular weight is 210 g/mol. The van der Waals surface area contributed by atoms with Crippen LogP contribution in [-0.2, 0) is 14.3 Å². The second kappa shape index (κ2) is 3.87. The molecule has 0 aromatic carbocycles. The fraction of sp³-hybridized carbons (Fsp3) is 0.750. The van der Waals surface area contributed by atoms with Gasteiger partial charge in [-0.15, -0.1) is 0 Å². The van der Waals surface area contributed by atoms with Gasteiger partial charge in [-0.25, -0.2) is 0 Å². The summed E-state index contributed by atoms with van der Waals surface area (Å²) < 4.78 is 10.7. The molecule has 0 amide bonds. The van der Waals surface area contributed by atoms with Crippen molar-refractivity contribution < 1.29 is 14.3 Å². The number of carbonyl (C=O) groups is 1. The van der Waals surface area contributed by atoms with Crippen molar-refractivity contribution in [2.75, 3.05) is 6.61 Å². The van der Waals surface area contributed by atoms with Crippen molar-refractivity contribution in [1.82, 2.24) is 0 Å². The van der Waals surface area contributed by atoms with Gasteiger partial charge >= 0.3 is 5.97 Å². The summed E-state index contributed by atoms with van der Waals surface area (Å²) in [5.41, 5.74) is -0.218. The first-order valence-electron chi connectivity index (χ1n) is 5.65. The van der Waals surface area contributed by atoms with Crippen molar-refractivity contribution >= 4 is 5.97 Å². The molecule has 2 rings (SSSR count). The molecule has 1 saturated heterocycles. The van der Waals surface area contributed by atoms with Gasteiger partial charge in [0.15, 0.2) is 0 Å². The largest absolute Gasteiger partial charge is 0.496 e. The summed E-state index contributed by atoms with van der Waals surface area (Å²) in [5.74, 6) is 1.03. The predicted octanol–water partition coefficient (Wildman–Crippen LogP) is 2.41. The first-order chi connectivity index (χ1) is 7.12. The fourth-order valence-corrected chi connectivity index (χ4v) is 2.29. The SMILES string of the molecule is CC(C)OC1=CCC2(CCOC2=O)CC1. The molecule has 3 nitrogen and oxygen atoms in total. The molecule has 1 fully saturated rings. The number of hydrogen-bond acceptors (Lipinski definition) is 3. The van der Waals surface area contributed by atoms with Crippen LogP contribution in [0.25, 0.3) is 0 Å². The van der Waals surface area contributed by atoms with Gasteiger partial charge in [-0.05, 0) is 39.2 Å². The molecule has 0 aromatic heterocycles. The molecule has 15 heavy (non-hydrogen) atoms. The van der Waals surface area contributed by atoms with Crippen LogP contribution in [0.4, 0.5) is 0 Å². The molecule has 1 spiro atoms. The Hall–Kier alpha value is -0.990. The van der Waals surface area contributed by atoms with Crippen LogP contribution in [0.1, 0.15) is 39.5 Å². The smallest absolute Gasteiger partial charge is 0.312 e. The van der Waals surface area contributed by atoms with E-state index in [0.29, 0.717) is 6.61 Å². The van der Waals surface area contributed by atoms with Gasteiger partial charge in [0.25, 0.3) is 0 Å². The summed E-state index contributed by atoms with van der Waals surface area (Å²) >= 11 is 0. The molecule has 1 heterocycles. The van der Waals surface area contributed by atoms with Gasteiger partial charge in [-0.2, -0.15) is 0 Å². The van der Waals surface area contributed by atoms with Crippen LogP contribution in [0.15, 0.2) is 11.8 Å². The summed E-state index contributed by atoms with van der Waals surface area (Å²) in [6.07, 6.45) is 5.69. The van der Waals surface area contributed by atoms with Gasteiger partial charge < -0.3 is 9.47 Å². The van der Waals surface area contributed by atoms with Gasteiger partial charge in [0.2, 0.25) is 0 Å². The first kappa shape index (κ1) is 10.5. The third-order valence-corrected chi connectivity index (χ3v) is 3.20.